The summed E-state index contributed by atoms with van der Waals surface area (Å²) in [5.41, 5.74) is -0.817. The molecule has 1 atom stereocenters. The Morgan fingerprint density at radius 2 is 1.70 bits per heavy atom. The molecule has 14 heteroatoms. The Labute approximate surface area is 217 Å². The smallest absolute Gasteiger partial charge is 0.360 e. The van der Waals surface area contributed by atoms with Crippen LogP contribution in [0.1, 0.15) is 5.56 Å². The monoisotopic (exact) mass is 648 g/mol. The largest absolute Gasteiger partial charge is 0.416 e. The number of carbonyl (C=O) groups is 2. The van der Waals surface area contributed by atoms with Crippen molar-refractivity contribution >= 4 is 95.8 Å². The average Bonchev–Trinajstić information content (AvgIpc) is 2.92. The molecule has 1 heterocycles. The number of halogens is 8. The maximum absolute atomic E-state index is 13.1. The van der Waals surface area contributed by atoms with Crippen molar-refractivity contribution in [2.75, 3.05) is 17.3 Å². The Kier molecular flexibility index (Phi) is 7.60. The third-order valence-corrected chi connectivity index (χ3v) is 6.91. The predicted octanol–water partition coefficient (Wildman–Crippen LogP) is 6.84. The highest BCUT2D eigenvalue weighted by Crippen LogP contribution is 2.36. The maximum Gasteiger partial charge on any atom is 0.416 e. The molecule has 1 aliphatic rings. The summed E-state index contributed by atoms with van der Waals surface area (Å²) < 4.78 is 38.6. The Balaban J connectivity index is 1.98. The highest BCUT2D eigenvalue weighted by molar-refractivity contribution is 9.13. The molecule has 0 aliphatic carbocycles. The van der Waals surface area contributed by atoms with E-state index in [1.54, 1.807) is 18.2 Å². The van der Waals surface area contributed by atoms with Crippen LogP contribution in [0.3, 0.4) is 0 Å². The summed E-state index contributed by atoms with van der Waals surface area (Å²) in [6.07, 6.45) is -5.99. The second kappa shape index (κ2) is 9.61. The molecule has 0 bridgehead atoms. The summed E-state index contributed by atoms with van der Waals surface area (Å²) in [6.45, 7) is 0. The van der Waals surface area contributed by atoms with Gasteiger partial charge >= 0.3 is 18.1 Å². The molecule has 33 heavy (non-hydrogen) atoms. The van der Waals surface area contributed by atoms with Gasteiger partial charge in [-0.3, -0.25) is 9.69 Å². The van der Waals surface area contributed by atoms with E-state index >= 15 is 0 Å². The molecule has 1 N–H and O–H groups in total. The number of anilines is 2. The number of rotatable bonds is 4. The molecule has 0 aromatic heterocycles. The molecule has 1 unspecified atom stereocenters. The number of likely N-dealkylation sites (N-methyl/N-ethyl adjacent to an activating group) is 1. The summed E-state index contributed by atoms with van der Waals surface area (Å²) >= 11 is 24.8. The molecule has 6 nitrogen and oxygen atoms in total. The molecule has 176 valence electrons. The third-order valence-electron chi connectivity index (χ3n) is 4.41. The van der Waals surface area contributed by atoms with Gasteiger partial charge in [-0.2, -0.15) is 13.2 Å². The van der Waals surface area contributed by atoms with Crippen molar-refractivity contribution in [3.8, 4) is 0 Å². The molecule has 1 aliphatic heterocycles. The minimum absolute atomic E-state index is 0.271. The highest BCUT2D eigenvalue weighted by atomic mass is 79.9. The van der Waals surface area contributed by atoms with Gasteiger partial charge < -0.3 is 5.32 Å². The molecule has 0 saturated carbocycles. The van der Waals surface area contributed by atoms with Crippen LogP contribution < -0.4 is 10.2 Å². The number of amides is 3. The van der Waals surface area contributed by atoms with Crippen molar-refractivity contribution in [1.29, 1.82) is 0 Å². The van der Waals surface area contributed by atoms with Gasteiger partial charge in [0, 0.05) is 21.7 Å². The number of urea groups is 1. The van der Waals surface area contributed by atoms with Crippen molar-refractivity contribution in [1.82, 2.24) is 4.90 Å². The second-order valence-corrected chi connectivity index (χ2v) is 10.8. The zero-order valence-electron chi connectivity index (χ0n) is 16.3. The van der Waals surface area contributed by atoms with Gasteiger partial charge in [-0.1, -0.05) is 40.9 Å². The topological polar surface area (TPSA) is 65.0 Å². The Hall–Kier alpha value is -1.53. The van der Waals surface area contributed by atoms with E-state index in [4.69, 9.17) is 34.8 Å². The van der Waals surface area contributed by atoms with Gasteiger partial charge in [-0.05, 0) is 68.3 Å². The summed E-state index contributed by atoms with van der Waals surface area (Å²) in [5, 5.41) is 2.86. The fraction of sp³-hybridized carbons (Fsp3) is 0.211. The summed E-state index contributed by atoms with van der Waals surface area (Å²) in [5.74, 6) is -1.39. The van der Waals surface area contributed by atoms with E-state index in [1.807, 2.05) is 0 Å². The zero-order valence-corrected chi connectivity index (χ0v) is 21.7. The molecule has 2 aromatic carbocycles. The minimum atomic E-state index is -4.66. The number of benzene rings is 2. The molecular weight excluding hydrogens is 639 g/mol. The van der Waals surface area contributed by atoms with Crippen LogP contribution in [-0.2, 0) is 11.0 Å². The third kappa shape index (κ3) is 5.76. The van der Waals surface area contributed by atoms with Gasteiger partial charge in [0.25, 0.3) is 0 Å². The van der Waals surface area contributed by atoms with Crippen LogP contribution in [-0.4, -0.2) is 39.7 Å². The lowest BCUT2D eigenvalue weighted by molar-refractivity contribution is -0.137. The van der Waals surface area contributed by atoms with Crippen molar-refractivity contribution < 1.29 is 22.8 Å². The lowest BCUT2D eigenvalue weighted by Crippen LogP contribution is -2.36. The Morgan fingerprint density at radius 3 is 2.27 bits per heavy atom. The Morgan fingerprint density at radius 1 is 1.03 bits per heavy atom. The molecule has 0 spiro atoms. The second-order valence-electron chi connectivity index (χ2n) is 6.70. The number of aliphatic imine (C=N–C) groups is 1. The van der Waals surface area contributed by atoms with Crippen LogP contribution in [0.15, 0.2) is 56.4 Å². The van der Waals surface area contributed by atoms with Crippen molar-refractivity contribution in [3.63, 3.8) is 0 Å². The first kappa shape index (κ1) is 26.1. The number of alkyl halides is 6. The molecule has 3 amide bonds. The molecule has 0 radical (unpaired) electrons. The van der Waals surface area contributed by atoms with Gasteiger partial charge in [0.1, 0.15) is 0 Å². The number of nitrogens with zero attached hydrogens (tertiary/aromatic N) is 3. The van der Waals surface area contributed by atoms with Gasteiger partial charge in [0.15, 0.2) is 6.17 Å². The van der Waals surface area contributed by atoms with Crippen LogP contribution >= 0.6 is 66.7 Å². The number of imide groups is 1. The summed E-state index contributed by atoms with van der Waals surface area (Å²) in [6, 6.07) is 7.92. The number of amidine groups is 1. The fourth-order valence-electron chi connectivity index (χ4n) is 2.82. The maximum atomic E-state index is 13.1. The van der Waals surface area contributed by atoms with E-state index in [9.17, 15) is 22.8 Å². The Bertz CT molecular complexity index is 1140. The molecule has 3 rings (SSSR count). The summed E-state index contributed by atoms with van der Waals surface area (Å²) in [7, 11) is 1.23. The minimum Gasteiger partial charge on any atom is -0.360 e. The van der Waals surface area contributed by atoms with E-state index in [0.29, 0.717) is 21.1 Å². The first-order valence-electron chi connectivity index (χ1n) is 8.85. The lowest BCUT2D eigenvalue weighted by atomic mass is 10.2. The van der Waals surface area contributed by atoms with Gasteiger partial charge in [0.2, 0.25) is 9.63 Å². The number of nitrogens with one attached hydrogen (secondary N) is 1. The quantitative estimate of drug-likeness (QED) is 0.291. The highest BCUT2D eigenvalue weighted by Gasteiger charge is 2.44. The van der Waals surface area contributed by atoms with Crippen molar-refractivity contribution in [3.05, 3.63) is 57.0 Å². The standard InChI is InChI=1S/C19H12Br2Cl3F3N4O2/c1-30-14(29-16(18(22,23)24)28-10-5-6-12(20)13(21)8-10)15(32)31(17(30)33)11-4-2-3-9(7-11)19(25,26)27/h2-8,16,28H,1H3. The van der Waals surface area contributed by atoms with Crippen molar-refractivity contribution in [2.45, 2.75) is 16.1 Å². The molecule has 2 aromatic rings. The van der Waals surface area contributed by atoms with E-state index in [1.165, 1.54) is 13.1 Å². The van der Waals surface area contributed by atoms with E-state index < -0.39 is 39.5 Å². The number of hydrogen-bond donors (Lipinski definition) is 1. The first-order chi connectivity index (χ1) is 15.2. The van der Waals surface area contributed by atoms with Crippen LogP contribution in [0, 0.1) is 0 Å². The SMILES string of the molecule is CN1C(=O)N(c2cccc(C(F)(F)F)c2)C(=O)C1=NC(Nc1ccc(Br)c(Br)c1)C(Cl)(Cl)Cl. The molecule has 1 fully saturated rings. The molecule has 1 saturated heterocycles. The zero-order chi connectivity index (χ0) is 24.7. The number of hydrogen-bond acceptors (Lipinski definition) is 4. The van der Waals surface area contributed by atoms with Gasteiger partial charge in [-0.15, -0.1) is 0 Å². The van der Waals surface area contributed by atoms with Crippen molar-refractivity contribution in [2.24, 2.45) is 4.99 Å². The fourth-order valence-corrected chi connectivity index (χ4v) is 3.75. The van der Waals surface area contributed by atoms with Crippen LogP contribution in [0.2, 0.25) is 0 Å². The van der Waals surface area contributed by atoms with Crippen LogP contribution in [0.25, 0.3) is 0 Å². The van der Waals surface area contributed by atoms with E-state index in [2.05, 4.69) is 42.2 Å². The lowest BCUT2D eigenvalue weighted by Gasteiger charge is -2.24. The molecular formula is C19H12Br2Cl3F3N4O2. The van der Waals surface area contributed by atoms with Gasteiger partial charge in [0.05, 0.1) is 11.3 Å². The van der Waals surface area contributed by atoms with Crippen LogP contribution in [0.5, 0.6) is 0 Å². The predicted molar refractivity (Wildman–Crippen MR) is 129 cm³/mol. The average molecular weight is 651 g/mol. The van der Waals surface area contributed by atoms with E-state index in [0.717, 1.165) is 21.5 Å². The normalized spacial score (nSPS) is 17.2. The first-order valence-corrected chi connectivity index (χ1v) is 11.6. The van der Waals surface area contributed by atoms with E-state index in [-0.39, 0.29) is 5.69 Å². The van der Waals surface area contributed by atoms with Gasteiger partial charge in [-0.25, -0.2) is 14.7 Å². The number of carbonyl (C=O) groups excluding carboxylic acids is 2. The van der Waals surface area contributed by atoms with Crippen LogP contribution in [0.4, 0.5) is 29.3 Å². The summed E-state index contributed by atoms with van der Waals surface area (Å²) in [4.78, 5) is 31.2.